The Morgan fingerprint density at radius 2 is 1.80 bits per heavy atom. The Hall–Kier alpha value is -2.58. The Labute approximate surface area is 210 Å². The van der Waals surface area contributed by atoms with Crippen molar-refractivity contribution in [3.63, 3.8) is 0 Å². The van der Waals surface area contributed by atoms with E-state index < -0.39 is 0 Å². The quantitative estimate of drug-likeness (QED) is 0.506. The van der Waals surface area contributed by atoms with Crippen LogP contribution in [0.3, 0.4) is 0 Å². The number of hydrogen-bond donors (Lipinski definition) is 0. The minimum atomic E-state index is -0.0433. The van der Waals surface area contributed by atoms with Crippen molar-refractivity contribution in [2.75, 3.05) is 26.5 Å². The van der Waals surface area contributed by atoms with Gasteiger partial charge in [-0.25, -0.2) is 0 Å². The fourth-order valence-corrected chi connectivity index (χ4v) is 5.94. The van der Waals surface area contributed by atoms with Crippen molar-refractivity contribution in [1.82, 2.24) is 9.80 Å². The molecule has 0 N–H and O–H groups in total. The maximum absolute atomic E-state index is 13.7. The summed E-state index contributed by atoms with van der Waals surface area (Å²) in [6.07, 6.45) is 7.20. The van der Waals surface area contributed by atoms with Crippen LogP contribution in [-0.2, 0) is 27.4 Å². The lowest BCUT2D eigenvalue weighted by Gasteiger charge is -2.32. The molecule has 8 heteroatoms. The first-order chi connectivity index (χ1) is 17.2. The molecule has 0 bridgehead atoms. The number of nitrogens with zero attached hydrogens (tertiary/aromatic N) is 2. The number of hydrogen-bond acceptors (Lipinski definition) is 6. The van der Waals surface area contributed by atoms with Gasteiger partial charge < -0.3 is 24.0 Å². The van der Waals surface area contributed by atoms with Crippen LogP contribution in [0.5, 0.6) is 11.5 Å². The van der Waals surface area contributed by atoms with E-state index in [-0.39, 0.29) is 37.2 Å². The Bertz CT molecular complexity index is 999. The van der Waals surface area contributed by atoms with Gasteiger partial charge in [0.2, 0.25) is 18.6 Å². The number of fused-ring (bicyclic) bond motifs is 1. The van der Waals surface area contributed by atoms with Crippen LogP contribution in [0.2, 0.25) is 0 Å². The highest BCUT2D eigenvalue weighted by molar-refractivity contribution is 7.09. The predicted octanol–water partition coefficient (Wildman–Crippen LogP) is 4.59. The van der Waals surface area contributed by atoms with E-state index in [1.54, 1.807) is 16.2 Å². The van der Waals surface area contributed by atoms with E-state index in [4.69, 9.17) is 14.2 Å². The number of rotatable bonds is 9. The highest BCUT2D eigenvalue weighted by Gasteiger charge is 2.31. The van der Waals surface area contributed by atoms with Gasteiger partial charge in [0.05, 0.1) is 19.2 Å². The standard InChI is InChI=1S/C27H34N2O5S/c30-26(18-29(16-22-8-4-12-32-22)27(31)21-6-2-1-3-7-21)28(17-23-9-5-13-35-23)15-20-10-11-24-25(14-20)34-19-33-24/h5,9-11,13-14,21-22H,1-4,6-8,12,15-19H2. The molecule has 1 aliphatic carbocycles. The van der Waals surface area contributed by atoms with E-state index in [9.17, 15) is 9.59 Å². The van der Waals surface area contributed by atoms with Gasteiger partial charge in [-0.05, 0) is 54.8 Å². The van der Waals surface area contributed by atoms with Gasteiger partial charge in [0.15, 0.2) is 11.5 Å². The highest BCUT2D eigenvalue weighted by Crippen LogP contribution is 2.33. The molecule has 7 nitrogen and oxygen atoms in total. The van der Waals surface area contributed by atoms with Gasteiger partial charge in [0, 0.05) is 30.5 Å². The van der Waals surface area contributed by atoms with Gasteiger partial charge in [0.1, 0.15) is 0 Å². The maximum atomic E-state index is 13.7. The molecule has 1 unspecified atom stereocenters. The molecule has 1 aromatic carbocycles. The summed E-state index contributed by atoms with van der Waals surface area (Å²) in [4.78, 5) is 32.0. The van der Waals surface area contributed by atoms with Crippen molar-refractivity contribution >= 4 is 23.2 Å². The number of thiophene rings is 1. The van der Waals surface area contributed by atoms with Crippen LogP contribution >= 0.6 is 11.3 Å². The summed E-state index contributed by atoms with van der Waals surface area (Å²) in [6.45, 7) is 2.49. The molecule has 1 saturated heterocycles. The van der Waals surface area contributed by atoms with Crippen LogP contribution in [0, 0.1) is 5.92 Å². The number of ether oxygens (including phenoxy) is 3. The molecule has 2 fully saturated rings. The van der Waals surface area contributed by atoms with Gasteiger partial charge >= 0.3 is 0 Å². The molecule has 1 aromatic heterocycles. The first-order valence-electron chi connectivity index (χ1n) is 12.7. The van der Waals surface area contributed by atoms with Crippen LogP contribution in [0.1, 0.15) is 55.4 Å². The second-order valence-corrected chi connectivity index (χ2v) is 10.7. The average Bonchev–Trinajstić information content (AvgIpc) is 3.66. The molecule has 3 heterocycles. The molecule has 3 aliphatic rings. The molecule has 2 aliphatic heterocycles. The zero-order valence-electron chi connectivity index (χ0n) is 20.2. The maximum Gasteiger partial charge on any atom is 0.242 e. The summed E-state index contributed by atoms with van der Waals surface area (Å²) in [5.74, 6) is 1.53. The smallest absolute Gasteiger partial charge is 0.242 e. The van der Waals surface area contributed by atoms with Crippen molar-refractivity contribution in [3.8, 4) is 11.5 Å². The summed E-state index contributed by atoms with van der Waals surface area (Å²) >= 11 is 1.63. The highest BCUT2D eigenvalue weighted by atomic mass is 32.1. The van der Waals surface area contributed by atoms with Gasteiger partial charge in [0.25, 0.3) is 0 Å². The van der Waals surface area contributed by atoms with E-state index in [1.807, 2.05) is 40.6 Å². The summed E-state index contributed by atoms with van der Waals surface area (Å²) in [5, 5.41) is 2.02. The molecular formula is C27H34N2O5S. The lowest BCUT2D eigenvalue weighted by atomic mass is 9.88. The second-order valence-electron chi connectivity index (χ2n) is 9.71. The van der Waals surface area contributed by atoms with Crippen LogP contribution in [-0.4, -0.2) is 54.2 Å². The zero-order valence-corrected chi connectivity index (χ0v) is 21.0. The van der Waals surface area contributed by atoms with Crippen LogP contribution in [0.15, 0.2) is 35.7 Å². The third-order valence-electron chi connectivity index (χ3n) is 7.13. The van der Waals surface area contributed by atoms with Gasteiger partial charge in [-0.2, -0.15) is 0 Å². The van der Waals surface area contributed by atoms with Crippen molar-refractivity contribution < 1.29 is 23.8 Å². The van der Waals surface area contributed by atoms with Crippen molar-refractivity contribution in [1.29, 1.82) is 0 Å². The second kappa shape index (κ2) is 11.4. The number of carbonyl (C=O) groups is 2. The lowest BCUT2D eigenvalue weighted by molar-refractivity contribution is -0.145. The van der Waals surface area contributed by atoms with Crippen molar-refractivity contribution in [3.05, 3.63) is 46.2 Å². The molecule has 2 amide bonds. The summed E-state index contributed by atoms with van der Waals surface area (Å²) in [5.41, 5.74) is 0.975. The molecule has 35 heavy (non-hydrogen) atoms. The molecule has 1 atom stereocenters. The summed E-state index contributed by atoms with van der Waals surface area (Å²) in [7, 11) is 0. The fraction of sp³-hybridized carbons (Fsp3) is 0.556. The Kier molecular flexibility index (Phi) is 7.88. The molecule has 188 valence electrons. The molecule has 5 rings (SSSR count). The minimum Gasteiger partial charge on any atom is -0.454 e. The van der Waals surface area contributed by atoms with Crippen LogP contribution < -0.4 is 9.47 Å². The third-order valence-corrected chi connectivity index (χ3v) is 7.99. The Morgan fingerprint density at radius 1 is 0.943 bits per heavy atom. The summed E-state index contributed by atoms with van der Waals surface area (Å²) in [6, 6.07) is 9.84. The van der Waals surface area contributed by atoms with E-state index >= 15 is 0 Å². The Balaban J connectivity index is 1.32. The normalized spacial score (nSPS) is 19.6. The SMILES string of the molecule is O=C(CN(CC1CCCO1)C(=O)C1CCCCC1)N(Cc1ccc2c(c1)OCO2)Cc1cccs1. The van der Waals surface area contributed by atoms with Crippen molar-refractivity contribution in [2.24, 2.45) is 5.92 Å². The Morgan fingerprint density at radius 3 is 2.57 bits per heavy atom. The zero-order chi connectivity index (χ0) is 24.0. The topological polar surface area (TPSA) is 68.3 Å². The molecule has 0 radical (unpaired) electrons. The number of carbonyl (C=O) groups excluding carboxylic acids is 2. The third kappa shape index (κ3) is 6.16. The average molecular weight is 499 g/mol. The number of amides is 2. The van der Waals surface area contributed by atoms with Gasteiger partial charge in [-0.1, -0.05) is 31.4 Å². The minimum absolute atomic E-state index is 0.0231. The fourth-order valence-electron chi connectivity index (χ4n) is 5.22. The van der Waals surface area contributed by atoms with Gasteiger partial charge in [-0.15, -0.1) is 11.3 Å². The first-order valence-corrected chi connectivity index (χ1v) is 13.6. The van der Waals surface area contributed by atoms with Crippen LogP contribution in [0.4, 0.5) is 0 Å². The number of benzene rings is 1. The van der Waals surface area contributed by atoms with Gasteiger partial charge in [-0.3, -0.25) is 9.59 Å². The van der Waals surface area contributed by atoms with E-state index in [0.29, 0.717) is 25.4 Å². The van der Waals surface area contributed by atoms with Crippen LogP contribution in [0.25, 0.3) is 0 Å². The van der Waals surface area contributed by atoms with Crippen molar-refractivity contribution in [2.45, 2.75) is 64.1 Å². The molecule has 2 aromatic rings. The molecular weight excluding hydrogens is 464 g/mol. The largest absolute Gasteiger partial charge is 0.454 e. The lowest BCUT2D eigenvalue weighted by Crippen LogP contribution is -2.47. The van der Waals surface area contributed by atoms with E-state index in [1.165, 1.54) is 6.42 Å². The van der Waals surface area contributed by atoms with E-state index in [2.05, 4.69) is 0 Å². The molecule has 1 saturated carbocycles. The predicted molar refractivity (Wildman–Crippen MR) is 133 cm³/mol. The first kappa shape index (κ1) is 24.1. The monoisotopic (exact) mass is 498 g/mol. The van der Waals surface area contributed by atoms with E-state index in [0.717, 1.165) is 61.3 Å². The summed E-state index contributed by atoms with van der Waals surface area (Å²) < 4.78 is 16.8. The molecule has 0 spiro atoms.